The van der Waals surface area contributed by atoms with Crippen molar-refractivity contribution >= 4 is 39.4 Å². The van der Waals surface area contributed by atoms with Crippen molar-refractivity contribution in [2.45, 2.75) is 20.0 Å². The maximum Gasteiger partial charge on any atom is 0.420 e. The molecule has 0 aliphatic rings. The third kappa shape index (κ3) is 3.17. The quantitative estimate of drug-likeness (QED) is 0.629. The highest BCUT2D eigenvalue weighted by Crippen LogP contribution is 2.46. The molecule has 0 atom stereocenters. The lowest BCUT2D eigenvalue weighted by Gasteiger charge is -2.28. The Hall–Kier alpha value is -1.44. The van der Waals surface area contributed by atoms with Gasteiger partial charge in [-0.1, -0.05) is 0 Å². The summed E-state index contributed by atoms with van der Waals surface area (Å²) in [6, 6.07) is 1.32. The van der Waals surface area contributed by atoms with Gasteiger partial charge in [-0.25, -0.2) is 0 Å². The minimum Gasteiger partial charge on any atom is -0.396 e. The molecule has 1 rings (SSSR count). The van der Waals surface area contributed by atoms with Crippen LogP contribution >= 0.6 is 15.9 Å². The van der Waals surface area contributed by atoms with Gasteiger partial charge in [-0.15, -0.1) is 0 Å². The van der Waals surface area contributed by atoms with Gasteiger partial charge in [0.05, 0.1) is 17.1 Å². The summed E-state index contributed by atoms with van der Waals surface area (Å²) in [6.07, 6.45) is -4.45. The summed E-state index contributed by atoms with van der Waals surface area (Å²) < 4.78 is 40.3. The van der Waals surface area contributed by atoms with Crippen molar-refractivity contribution in [3.8, 4) is 0 Å². The average molecular weight is 354 g/mol. The van der Waals surface area contributed by atoms with E-state index in [1.165, 1.54) is 6.07 Å². The highest BCUT2D eigenvalue weighted by Gasteiger charge is 2.39. The van der Waals surface area contributed by atoms with E-state index in [0.29, 0.717) is 17.6 Å². The molecule has 4 nitrogen and oxygen atoms in total. The zero-order chi connectivity index (χ0) is 15.5. The number of nitrogens with one attached hydrogen (secondary N) is 1. The van der Waals surface area contributed by atoms with Crippen LogP contribution in [0.15, 0.2) is 10.5 Å². The third-order valence-electron chi connectivity index (χ3n) is 2.89. The monoisotopic (exact) mass is 353 g/mol. The first-order valence-corrected chi connectivity index (χ1v) is 6.71. The molecule has 1 aromatic rings. The van der Waals surface area contributed by atoms with Crippen LogP contribution in [0.25, 0.3) is 0 Å². The van der Waals surface area contributed by atoms with Crippen LogP contribution in [0.3, 0.4) is 0 Å². The lowest BCUT2D eigenvalue weighted by atomic mass is 10.1. The number of anilines is 3. The number of amides is 1. The molecular formula is C12H15BrF3N3O. The zero-order valence-corrected chi connectivity index (χ0v) is 12.6. The number of benzene rings is 1. The Morgan fingerprint density at radius 1 is 1.40 bits per heavy atom. The lowest BCUT2D eigenvalue weighted by molar-refractivity contribution is -0.136. The number of carbonyl (C=O) groups is 1. The number of alkyl halides is 3. The van der Waals surface area contributed by atoms with Crippen LogP contribution < -0.4 is 16.0 Å². The first-order chi connectivity index (χ1) is 9.27. The summed E-state index contributed by atoms with van der Waals surface area (Å²) in [4.78, 5) is 12.1. The molecule has 0 unspecified atom stereocenters. The van der Waals surface area contributed by atoms with Gasteiger partial charge < -0.3 is 16.0 Å². The van der Waals surface area contributed by atoms with E-state index in [9.17, 15) is 18.0 Å². The second-order valence-electron chi connectivity index (χ2n) is 3.97. The second-order valence-corrected chi connectivity index (χ2v) is 4.83. The Morgan fingerprint density at radius 2 is 1.95 bits per heavy atom. The van der Waals surface area contributed by atoms with Crippen LogP contribution in [0.4, 0.5) is 30.2 Å². The Morgan fingerprint density at radius 3 is 2.35 bits per heavy atom. The lowest BCUT2D eigenvalue weighted by Crippen LogP contribution is -2.26. The smallest absolute Gasteiger partial charge is 0.396 e. The van der Waals surface area contributed by atoms with E-state index in [1.54, 1.807) is 18.7 Å². The minimum absolute atomic E-state index is 0.0204. The molecule has 0 saturated carbocycles. The van der Waals surface area contributed by atoms with E-state index >= 15 is 0 Å². The first kappa shape index (κ1) is 16.6. The maximum absolute atomic E-state index is 13.3. The van der Waals surface area contributed by atoms with Gasteiger partial charge in [0.1, 0.15) is 5.56 Å². The molecule has 0 aliphatic heterocycles. The van der Waals surface area contributed by atoms with E-state index in [-0.39, 0.29) is 17.8 Å². The molecule has 0 saturated heterocycles. The highest BCUT2D eigenvalue weighted by molar-refractivity contribution is 9.10. The SMILES string of the molecule is CCN(CC)c1cc(Br)c(N)c(NC=O)c1C(F)(F)F. The second kappa shape index (κ2) is 6.34. The van der Waals surface area contributed by atoms with Crippen LogP contribution in [0.2, 0.25) is 0 Å². The van der Waals surface area contributed by atoms with Crippen LogP contribution in [-0.4, -0.2) is 19.5 Å². The summed E-state index contributed by atoms with van der Waals surface area (Å²) in [7, 11) is 0. The zero-order valence-electron chi connectivity index (χ0n) is 11.0. The minimum atomic E-state index is -4.63. The van der Waals surface area contributed by atoms with Gasteiger partial charge in [-0.3, -0.25) is 4.79 Å². The van der Waals surface area contributed by atoms with E-state index in [2.05, 4.69) is 21.2 Å². The molecule has 0 heterocycles. The molecule has 8 heteroatoms. The Balaban J connectivity index is 3.69. The van der Waals surface area contributed by atoms with Crippen molar-refractivity contribution in [2.75, 3.05) is 29.0 Å². The number of carbonyl (C=O) groups excluding carboxylic acids is 1. The van der Waals surface area contributed by atoms with E-state index in [1.807, 2.05) is 0 Å². The summed E-state index contributed by atoms with van der Waals surface area (Å²) >= 11 is 3.12. The van der Waals surface area contributed by atoms with Gasteiger partial charge >= 0.3 is 6.18 Å². The van der Waals surface area contributed by atoms with Gasteiger partial charge in [0.15, 0.2) is 0 Å². The van der Waals surface area contributed by atoms with Crippen LogP contribution in [0.1, 0.15) is 19.4 Å². The summed E-state index contributed by atoms with van der Waals surface area (Å²) in [5, 5.41) is 2.05. The largest absolute Gasteiger partial charge is 0.420 e. The fourth-order valence-corrected chi connectivity index (χ4v) is 2.38. The standard InChI is InChI=1S/C12H15BrF3N3O/c1-3-19(4-2)8-5-7(13)10(17)11(18-6-20)9(8)12(14,15)16/h5-6H,3-4,17H2,1-2H3,(H,18,20). The molecule has 0 fully saturated rings. The molecule has 20 heavy (non-hydrogen) atoms. The maximum atomic E-state index is 13.3. The van der Waals surface area contributed by atoms with Crippen molar-refractivity contribution < 1.29 is 18.0 Å². The van der Waals surface area contributed by atoms with Gasteiger partial charge in [-0.2, -0.15) is 13.2 Å². The molecule has 3 N–H and O–H groups in total. The van der Waals surface area contributed by atoms with Gasteiger partial charge in [0.2, 0.25) is 6.41 Å². The number of hydrogen-bond acceptors (Lipinski definition) is 3. The molecule has 1 aromatic carbocycles. The Kier molecular flexibility index (Phi) is 5.27. The molecule has 0 spiro atoms. The van der Waals surface area contributed by atoms with Gasteiger partial charge in [-0.05, 0) is 35.8 Å². The van der Waals surface area contributed by atoms with E-state index in [4.69, 9.17) is 5.73 Å². The van der Waals surface area contributed by atoms with Crippen molar-refractivity contribution in [3.63, 3.8) is 0 Å². The summed E-state index contributed by atoms with van der Waals surface area (Å²) in [5.74, 6) is 0. The van der Waals surface area contributed by atoms with Crippen LogP contribution in [-0.2, 0) is 11.0 Å². The normalized spacial score (nSPS) is 11.3. The first-order valence-electron chi connectivity index (χ1n) is 5.92. The topological polar surface area (TPSA) is 58.4 Å². The molecule has 0 radical (unpaired) electrons. The Bertz CT molecular complexity index is 502. The molecule has 1 amide bonds. The van der Waals surface area contributed by atoms with Crippen molar-refractivity contribution in [3.05, 3.63) is 16.1 Å². The fourth-order valence-electron chi connectivity index (χ4n) is 1.96. The Labute approximate surface area is 123 Å². The number of hydrogen-bond donors (Lipinski definition) is 2. The number of nitrogens with zero attached hydrogens (tertiary/aromatic N) is 1. The van der Waals surface area contributed by atoms with Crippen LogP contribution in [0, 0.1) is 0 Å². The summed E-state index contributed by atoms with van der Waals surface area (Å²) in [6.45, 7) is 4.30. The average Bonchev–Trinajstić information content (AvgIpc) is 2.35. The van der Waals surface area contributed by atoms with Gasteiger partial charge in [0, 0.05) is 17.6 Å². The molecule has 0 aliphatic carbocycles. The molecule has 112 valence electrons. The van der Waals surface area contributed by atoms with Crippen molar-refractivity contribution in [1.82, 2.24) is 0 Å². The number of nitrogen functional groups attached to an aromatic ring is 1. The molecular weight excluding hydrogens is 339 g/mol. The highest BCUT2D eigenvalue weighted by atomic mass is 79.9. The number of halogens is 4. The van der Waals surface area contributed by atoms with Crippen LogP contribution in [0.5, 0.6) is 0 Å². The molecule has 0 bridgehead atoms. The van der Waals surface area contributed by atoms with E-state index < -0.39 is 17.4 Å². The number of rotatable bonds is 5. The van der Waals surface area contributed by atoms with Crippen molar-refractivity contribution in [2.24, 2.45) is 0 Å². The third-order valence-corrected chi connectivity index (χ3v) is 3.54. The van der Waals surface area contributed by atoms with E-state index in [0.717, 1.165) is 0 Å². The molecule has 0 aromatic heterocycles. The predicted octanol–water partition coefficient (Wildman–Crippen LogP) is 3.46. The van der Waals surface area contributed by atoms with Crippen molar-refractivity contribution in [1.29, 1.82) is 0 Å². The number of nitrogens with two attached hydrogens (primary N) is 1. The van der Waals surface area contributed by atoms with Gasteiger partial charge in [0.25, 0.3) is 0 Å². The fraction of sp³-hybridized carbons (Fsp3) is 0.417. The predicted molar refractivity (Wildman–Crippen MR) is 76.8 cm³/mol. The summed E-state index contributed by atoms with van der Waals surface area (Å²) in [5.41, 5.74) is 4.10.